The van der Waals surface area contributed by atoms with Crippen molar-refractivity contribution in [3.8, 4) is 22.8 Å². The van der Waals surface area contributed by atoms with Crippen LogP contribution in [0.5, 0.6) is 0 Å². The Morgan fingerprint density at radius 3 is 2.21 bits per heavy atom. The molecule has 1 heterocycles. The number of aromatic nitrogens is 1. The maximum absolute atomic E-state index is 14.1. The van der Waals surface area contributed by atoms with Crippen molar-refractivity contribution in [1.82, 2.24) is 10.3 Å². The van der Waals surface area contributed by atoms with Crippen LogP contribution < -0.4 is 16.0 Å². The number of urea groups is 1. The lowest BCUT2D eigenvalue weighted by atomic mass is 10.1. The molecular formula is C26H21FN4O3. The van der Waals surface area contributed by atoms with Crippen molar-refractivity contribution in [2.45, 2.75) is 18.9 Å². The Hall–Kier alpha value is -4.46. The van der Waals surface area contributed by atoms with Crippen LogP contribution >= 0.6 is 0 Å². The maximum Gasteiger partial charge on any atom is 0.319 e. The minimum Gasteiger partial charge on any atom is -0.436 e. The van der Waals surface area contributed by atoms with Crippen LogP contribution in [0.1, 0.15) is 23.2 Å². The fourth-order valence-corrected chi connectivity index (χ4v) is 3.47. The molecule has 0 bridgehead atoms. The van der Waals surface area contributed by atoms with Gasteiger partial charge in [0, 0.05) is 23.0 Å². The minimum atomic E-state index is -0.417. The van der Waals surface area contributed by atoms with Gasteiger partial charge in [0.1, 0.15) is 5.82 Å². The molecule has 0 unspecified atom stereocenters. The number of amides is 3. The van der Waals surface area contributed by atoms with Gasteiger partial charge in [0.2, 0.25) is 5.89 Å². The average Bonchev–Trinajstić information content (AvgIpc) is 3.52. The quantitative estimate of drug-likeness (QED) is 0.348. The van der Waals surface area contributed by atoms with Gasteiger partial charge in [0.25, 0.3) is 5.91 Å². The number of carbonyl (C=O) groups excluding carboxylic acids is 2. The monoisotopic (exact) mass is 456 g/mol. The summed E-state index contributed by atoms with van der Waals surface area (Å²) in [5, 5.41) is 8.46. The molecule has 5 rings (SSSR count). The van der Waals surface area contributed by atoms with E-state index in [9.17, 15) is 14.0 Å². The molecule has 34 heavy (non-hydrogen) atoms. The molecule has 170 valence electrons. The summed E-state index contributed by atoms with van der Waals surface area (Å²) in [5.41, 5.74) is 2.32. The molecule has 1 aromatic heterocycles. The number of benzene rings is 3. The molecule has 0 radical (unpaired) electrons. The molecule has 1 fully saturated rings. The summed E-state index contributed by atoms with van der Waals surface area (Å²) in [5.74, 6) is -0.282. The molecule has 0 atom stereocenters. The number of nitrogens with zero attached hydrogens (tertiary/aromatic N) is 1. The third kappa shape index (κ3) is 4.80. The molecule has 0 aliphatic heterocycles. The first-order valence-corrected chi connectivity index (χ1v) is 10.9. The third-order valence-electron chi connectivity index (χ3n) is 5.36. The van der Waals surface area contributed by atoms with Crippen molar-refractivity contribution < 1.29 is 18.4 Å². The average molecular weight is 456 g/mol. The van der Waals surface area contributed by atoms with E-state index < -0.39 is 5.82 Å². The molecule has 3 amide bonds. The molecule has 4 aromatic rings. The highest BCUT2D eigenvalue weighted by Gasteiger charge is 2.23. The van der Waals surface area contributed by atoms with Crippen molar-refractivity contribution in [2.24, 2.45) is 0 Å². The second-order valence-corrected chi connectivity index (χ2v) is 7.96. The summed E-state index contributed by atoms with van der Waals surface area (Å²) in [4.78, 5) is 29.1. The van der Waals surface area contributed by atoms with E-state index in [2.05, 4.69) is 20.9 Å². The number of oxazole rings is 1. The molecular weight excluding hydrogens is 435 g/mol. The second kappa shape index (κ2) is 9.19. The van der Waals surface area contributed by atoms with E-state index >= 15 is 0 Å². The Kier molecular flexibility index (Phi) is 5.78. The van der Waals surface area contributed by atoms with Gasteiger partial charge in [-0.05, 0) is 61.4 Å². The van der Waals surface area contributed by atoms with E-state index in [-0.39, 0.29) is 29.6 Å². The smallest absolute Gasteiger partial charge is 0.319 e. The van der Waals surface area contributed by atoms with Crippen molar-refractivity contribution in [3.63, 3.8) is 0 Å². The number of rotatable bonds is 6. The van der Waals surface area contributed by atoms with E-state index in [0.717, 1.165) is 12.8 Å². The third-order valence-corrected chi connectivity index (χ3v) is 5.36. The largest absolute Gasteiger partial charge is 0.436 e. The number of hydrogen-bond acceptors (Lipinski definition) is 4. The molecule has 3 aromatic carbocycles. The van der Waals surface area contributed by atoms with Crippen LogP contribution in [0, 0.1) is 5.82 Å². The minimum absolute atomic E-state index is 0.213. The topological polar surface area (TPSA) is 96.3 Å². The maximum atomic E-state index is 14.1. The number of hydrogen-bond donors (Lipinski definition) is 3. The summed E-state index contributed by atoms with van der Waals surface area (Å²) >= 11 is 0. The molecule has 3 N–H and O–H groups in total. The summed E-state index contributed by atoms with van der Waals surface area (Å²) in [6, 6.07) is 20.0. The zero-order chi connectivity index (χ0) is 23.5. The Morgan fingerprint density at radius 1 is 0.853 bits per heavy atom. The summed E-state index contributed by atoms with van der Waals surface area (Å²) in [7, 11) is 0. The molecule has 1 aliphatic rings. The first-order chi connectivity index (χ1) is 16.6. The molecule has 0 saturated heterocycles. The highest BCUT2D eigenvalue weighted by molar-refractivity contribution is 6.08. The molecule has 1 aliphatic carbocycles. The van der Waals surface area contributed by atoms with Gasteiger partial charge in [-0.3, -0.25) is 4.79 Å². The number of nitrogens with one attached hydrogen (secondary N) is 3. The predicted octanol–water partition coefficient (Wildman–Crippen LogP) is 5.68. The van der Waals surface area contributed by atoms with Gasteiger partial charge >= 0.3 is 6.03 Å². The molecule has 8 heteroatoms. The summed E-state index contributed by atoms with van der Waals surface area (Å²) in [6.07, 6.45) is 3.46. The first-order valence-electron chi connectivity index (χ1n) is 10.9. The number of halogens is 1. The lowest BCUT2D eigenvalue weighted by molar-refractivity contribution is 0.102. The summed E-state index contributed by atoms with van der Waals surface area (Å²) in [6.45, 7) is 0. The van der Waals surface area contributed by atoms with Gasteiger partial charge in [-0.1, -0.05) is 24.3 Å². The zero-order valence-electron chi connectivity index (χ0n) is 18.0. The number of anilines is 2. The van der Waals surface area contributed by atoms with Crippen molar-refractivity contribution in [2.75, 3.05) is 10.6 Å². The van der Waals surface area contributed by atoms with Crippen LogP contribution in [0.4, 0.5) is 20.6 Å². The van der Waals surface area contributed by atoms with Crippen LogP contribution in [0.2, 0.25) is 0 Å². The zero-order valence-corrected chi connectivity index (χ0v) is 18.0. The van der Waals surface area contributed by atoms with E-state index in [1.165, 1.54) is 12.3 Å². The van der Waals surface area contributed by atoms with Gasteiger partial charge in [-0.2, -0.15) is 0 Å². The van der Waals surface area contributed by atoms with E-state index in [4.69, 9.17) is 4.42 Å². The van der Waals surface area contributed by atoms with Gasteiger partial charge in [-0.15, -0.1) is 0 Å². The normalized spacial score (nSPS) is 12.7. The Morgan fingerprint density at radius 2 is 1.50 bits per heavy atom. The second-order valence-electron chi connectivity index (χ2n) is 7.96. The number of carbonyl (C=O) groups is 2. The highest BCUT2D eigenvalue weighted by atomic mass is 19.1. The standard InChI is InChI=1S/C26H21FN4O3/c27-22-8-4-3-7-21(22)23-15-28-25(34-23)20-6-2-1-5-19(20)24(32)29-16-9-11-17(12-10-16)30-26(33)31-18-13-14-18/h1-12,15,18H,13-14H2,(H,29,32)(H2,30,31,33). The highest BCUT2D eigenvalue weighted by Crippen LogP contribution is 2.30. The van der Waals surface area contributed by atoms with Gasteiger partial charge in [0.05, 0.1) is 17.3 Å². The van der Waals surface area contributed by atoms with E-state index in [0.29, 0.717) is 28.1 Å². The van der Waals surface area contributed by atoms with Crippen LogP contribution in [0.15, 0.2) is 83.4 Å². The van der Waals surface area contributed by atoms with Gasteiger partial charge < -0.3 is 20.4 Å². The van der Waals surface area contributed by atoms with Crippen LogP contribution in [0.25, 0.3) is 22.8 Å². The Balaban J connectivity index is 1.31. The summed E-state index contributed by atoms with van der Waals surface area (Å²) < 4.78 is 19.9. The molecule has 1 saturated carbocycles. The van der Waals surface area contributed by atoms with Crippen molar-refractivity contribution >= 4 is 23.3 Å². The van der Waals surface area contributed by atoms with Gasteiger partial charge in [0.15, 0.2) is 5.76 Å². The fraction of sp³-hybridized carbons (Fsp3) is 0.115. The van der Waals surface area contributed by atoms with Gasteiger partial charge in [-0.25, -0.2) is 14.2 Å². The molecule has 0 spiro atoms. The van der Waals surface area contributed by atoms with E-state index in [1.54, 1.807) is 66.7 Å². The van der Waals surface area contributed by atoms with Crippen LogP contribution in [-0.2, 0) is 0 Å². The first kappa shape index (κ1) is 21.4. The Bertz CT molecular complexity index is 1350. The lowest BCUT2D eigenvalue weighted by Crippen LogP contribution is -2.30. The molecule has 7 nitrogen and oxygen atoms in total. The Labute approximate surface area is 195 Å². The van der Waals surface area contributed by atoms with Crippen molar-refractivity contribution in [1.29, 1.82) is 0 Å². The fourth-order valence-electron chi connectivity index (χ4n) is 3.47. The predicted molar refractivity (Wildman–Crippen MR) is 127 cm³/mol. The lowest BCUT2D eigenvalue weighted by Gasteiger charge is -2.10. The van der Waals surface area contributed by atoms with E-state index in [1.807, 2.05) is 0 Å². The van der Waals surface area contributed by atoms with Crippen LogP contribution in [-0.4, -0.2) is 23.0 Å². The SMILES string of the molecule is O=C(Nc1ccc(NC(=O)c2ccccc2-c2ncc(-c3ccccc3F)o2)cc1)NC1CC1. The van der Waals surface area contributed by atoms with Crippen molar-refractivity contribution in [3.05, 3.63) is 90.4 Å². The van der Waals surface area contributed by atoms with Crippen LogP contribution in [0.3, 0.4) is 0 Å².